The van der Waals surface area contributed by atoms with Crippen LogP contribution in [-0.4, -0.2) is 25.0 Å². The van der Waals surface area contributed by atoms with Gasteiger partial charge in [-0.2, -0.15) is 0 Å². The molecule has 23 heavy (non-hydrogen) atoms. The predicted molar refractivity (Wildman–Crippen MR) is 95.5 cm³/mol. The van der Waals surface area contributed by atoms with Crippen LogP contribution in [0, 0.1) is 0 Å². The summed E-state index contributed by atoms with van der Waals surface area (Å²) in [5, 5.41) is 3.15. The summed E-state index contributed by atoms with van der Waals surface area (Å²) in [6.07, 6.45) is 6.47. The Morgan fingerprint density at radius 3 is 2.70 bits per heavy atom. The summed E-state index contributed by atoms with van der Waals surface area (Å²) in [4.78, 5) is 17.9. The van der Waals surface area contributed by atoms with Crippen LogP contribution in [0.1, 0.15) is 51.0 Å². The van der Waals surface area contributed by atoms with Crippen LogP contribution in [0.5, 0.6) is 0 Å². The Bertz CT molecular complexity index is 524. The second-order valence-corrected chi connectivity index (χ2v) is 6.00. The summed E-state index contributed by atoms with van der Waals surface area (Å²) < 4.78 is 0. The van der Waals surface area contributed by atoms with Crippen molar-refractivity contribution in [1.29, 1.82) is 0 Å². The second-order valence-electron chi connectivity index (χ2n) is 6.00. The van der Waals surface area contributed by atoms with Gasteiger partial charge in [0.2, 0.25) is 5.91 Å². The maximum Gasteiger partial charge on any atom is 0.227 e. The Morgan fingerprint density at radius 2 is 2.04 bits per heavy atom. The van der Waals surface area contributed by atoms with Gasteiger partial charge in [-0.3, -0.25) is 4.79 Å². The quantitative estimate of drug-likeness (QED) is 0.440. The number of guanidine groups is 1. The lowest BCUT2D eigenvalue weighted by atomic mass is 10.2. The van der Waals surface area contributed by atoms with Crippen molar-refractivity contribution in [3.05, 3.63) is 29.8 Å². The number of nitrogens with one attached hydrogen (secondary N) is 1. The summed E-state index contributed by atoms with van der Waals surface area (Å²) >= 11 is 0. The molecule has 0 bridgehead atoms. The second kappa shape index (κ2) is 9.18. The van der Waals surface area contributed by atoms with Crippen LogP contribution in [0.15, 0.2) is 29.3 Å². The molecule has 1 aromatic rings. The molecule has 3 N–H and O–H groups in total. The molecule has 0 aliphatic carbocycles. The lowest BCUT2D eigenvalue weighted by Crippen LogP contribution is -2.32. The predicted octanol–water partition coefficient (Wildman–Crippen LogP) is 2.80. The lowest BCUT2D eigenvalue weighted by Gasteiger charge is -2.15. The highest BCUT2D eigenvalue weighted by Gasteiger charge is 2.21. The van der Waals surface area contributed by atoms with E-state index in [1.54, 1.807) is 0 Å². The first-order valence-corrected chi connectivity index (χ1v) is 8.64. The first-order chi connectivity index (χ1) is 11.2. The first-order valence-electron chi connectivity index (χ1n) is 8.64. The van der Waals surface area contributed by atoms with E-state index in [0.717, 1.165) is 37.2 Å². The van der Waals surface area contributed by atoms with Crippen molar-refractivity contribution in [2.24, 2.45) is 10.7 Å². The number of benzene rings is 1. The number of hydrogen-bond acceptors (Lipinski definition) is 2. The van der Waals surface area contributed by atoms with Crippen molar-refractivity contribution in [3.8, 4) is 0 Å². The fraction of sp³-hybridized carbons (Fsp3) is 0.556. The van der Waals surface area contributed by atoms with E-state index in [1.165, 1.54) is 19.3 Å². The van der Waals surface area contributed by atoms with Gasteiger partial charge in [0.1, 0.15) is 0 Å². The van der Waals surface area contributed by atoms with E-state index in [-0.39, 0.29) is 5.91 Å². The van der Waals surface area contributed by atoms with Crippen molar-refractivity contribution in [3.63, 3.8) is 0 Å². The van der Waals surface area contributed by atoms with Gasteiger partial charge >= 0.3 is 0 Å². The van der Waals surface area contributed by atoms with Crippen molar-refractivity contribution in [2.75, 3.05) is 18.0 Å². The van der Waals surface area contributed by atoms with Gasteiger partial charge in [-0.25, -0.2) is 4.99 Å². The van der Waals surface area contributed by atoms with Crippen molar-refractivity contribution >= 4 is 17.6 Å². The van der Waals surface area contributed by atoms with Gasteiger partial charge in [0.25, 0.3) is 0 Å². The zero-order valence-corrected chi connectivity index (χ0v) is 14.1. The van der Waals surface area contributed by atoms with E-state index >= 15 is 0 Å². The number of anilines is 1. The zero-order chi connectivity index (χ0) is 16.5. The monoisotopic (exact) mass is 316 g/mol. The van der Waals surface area contributed by atoms with Crippen LogP contribution in [0.4, 0.5) is 5.69 Å². The Kier molecular flexibility index (Phi) is 6.91. The fourth-order valence-electron chi connectivity index (χ4n) is 2.70. The van der Waals surface area contributed by atoms with Crippen molar-refractivity contribution in [2.45, 2.75) is 52.0 Å². The molecular weight excluding hydrogens is 288 g/mol. The number of aliphatic imine (C=N–C) groups is 1. The molecule has 1 aliphatic heterocycles. The molecule has 0 spiro atoms. The third kappa shape index (κ3) is 5.58. The molecule has 0 atom stereocenters. The molecule has 2 rings (SSSR count). The summed E-state index contributed by atoms with van der Waals surface area (Å²) in [5.74, 6) is 0.715. The average Bonchev–Trinajstić information content (AvgIpc) is 2.99. The Morgan fingerprint density at radius 1 is 1.26 bits per heavy atom. The van der Waals surface area contributed by atoms with Crippen molar-refractivity contribution < 1.29 is 4.79 Å². The number of nitrogens with two attached hydrogens (primary N) is 1. The molecule has 1 saturated heterocycles. The number of rotatable bonds is 8. The van der Waals surface area contributed by atoms with E-state index in [2.05, 4.69) is 17.2 Å². The largest absolute Gasteiger partial charge is 0.370 e. The Balaban J connectivity index is 1.76. The van der Waals surface area contributed by atoms with Crippen molar-refractivity contribution in [1.82, 2.24) is 5.32 Å². The number of hydrogen-bond donors (Lipinski definition) is 2. The molecule has 0 unspecified atom stereocenters. The highest BCUT2D eigenvalue weighted by Crippen LogP contribution is 2.21. The Hall–Kier alpha value is -2.04. The van der Waals surface area contributed by atoms with Crippen LogP contribution >= 0.6 is 0 Å². The smallest absolute Gasteiger partial charge is 0.227 e. The maximum absolute atomic E-state index is 11.7. The minimum Gasteiger partial charge on any atom is -0.370 e. The standard InChI is InChI=1S/C18H28N4O/c1-2-3-4-5-12-20-18(19)21-14-15-8-10-16(11-9-15)22-13-6-7-17(22)23/h8-11H,2-7,12-14H2,1H3,(H3,19,20,21). The summed E-state index contributed by atoms with van der Waals surface area (Å²) in [6.45, 7) is 4.47. The molecular formula is C18H28N4O. The van der Waals surface area contributed by atoms with Gasteiger partial charge in [0, 0.05) is 25.2 Å². The van der Waals surface area contributed by atoms with Crippen LogP contribution in [0.25, 0.3) is 0 Å². The molecule has 5 nitrogen and oxygen atoms in total. The summed E-state index contributed by atoms with van der Waals surface area (Å²) in [7, 11) is 0. The molecule has 0 saturated carbocycles. The topological polar surface area (TPSA) is 70.7 Å². The number of carbonyl (C=O) groups is 1. The average molecular weight is 316 g/mol. The van der Waals surface area contributed by atoms with E-state index in [0.29, 0.717) is 18.9 Å². The lowest BCUT2D eigenvalue weighted by molar-refractivity contribution is -0.117. The fourth-order valence-corrected chi connectivity index (χ4v) is 2.70. The first kappa shape index (κ1) is 17.3. The molecule has 0 radical (unpaired) electrons. The van der Waals surface area contributed by atoms with Crippen LogP contribution in [-0.2, 0) is 11.3 Å². The third-order valence-electron chi connectivity index (χ3n) is 4.09. The van der Waals surface area contributed by atoms with Crippen LogP contribution in [0.3, 0.4) is 0 Å². The van der Waals surface area contributed by atoms with E-state index in [1.807, 2.05) is 29.2 Å². The van der Waals surface area contributed by atoms with Gasteiger partial charge < -0.3 is 16.0 Å². The molecule has 1 aliphatic rings. The van der Waals surface area contributed by atoms with Crippen LogP contribution in [0.2, 0.25) is 0 Å². The SMILES string of the molecule is CCCCCCNC(N)=NCc1ccc(N2CCCC2=O)cc1. The molecule has 5 heteroatoms. The van der Waals surface area contributed by atoms with Gasteiger partial charge in [0.05, 0.1) is 6.54 Å². The molecule has 1 heterocycles. The highest BCUT2D eigenvalue weighted by atomic mass is 16.2. The van der Waals surface area contributed by atoms with E-state index in [4.69, 9.17) is 5.73 Å². The third-order valence-corrected chi connectivity index (χ3v) is 4.09. The maximum atomic E-state index is 11.7. The van der Waals surface area contributed by atoms with Gasteiger partial charge in [-0.1, -0.05) is 38.3 Å². The molecule has 0 aromatic heterocycles. The Labute approximate surface area is 139 Å². The summed E-state index contributed by atoms with van der Waals surface area (Å²) in [6, 6.07) is 8.00. The highest BCUT2D eigenvalue weighted by molar-refractivity contribution is 5.95. The normalized spacial score (nSPS) is 15.3. The summed E-state index contributed by atoms with van der Waals surface area (Å²) in [5.41, 5.74) is 7.94. The minimum atomic E-state index is 0.215. The number of carbonyl (C=O) groups excluding carboxylic acids is 1. The van der Waals surface area contributed by atoms with Crippen LogP contribution < -0.4 is 16.0 Å². The molecule has 126 valence electrons. The molecule has 1 amide bonds. The van der Waals surface area contributed by atoms with Gasteiger partial charge in [-0.05, 0) is 30.5 Å². The number of unbranched alkanes of at least 4 members (excludes halogenated alkanes) is 3. The van der Waals surface area contributed by atoms with E-state index < -0.39 is 0 Å². The van der Waals surface area contributed by atoms with Gasteiger partial charge in [-0.15, -0.1) is 0 Å². The molecule has 1 fully saturated rings. The van der Waals surface area contributed by atoms with Gasteiger partial charge in [0.15, 0.2) is 5.96 Å². The number of nitrogens with zero attached hydrogens (tertiary/aromatic N) is 2. The molecule has 1 aromatic carbocycles. The van der Waals surface area contributed by atoms with E-state index in [9.17, 15) is 4.79 Å². The number of amides is 1. The minimum absolute atomic E-state index is 0.215. The zero-order valence-electron chi connectivity index (χ0n) is 14.1.